The number of nitrogen functional groups attached to an aromatic ring is 1. The van der Waals surface area contributed by atoms with Gasteiger partial charge >= 0.3 is 0 Å². The lowest BCUT2D eigenvalue weighted by atomic mass is 9.71. The zero-order valence-electron chi connectivity index (χ0n) is 20.6. The van der Waals surface area contributed by atoms with Gasteiger partial charge in [0.25, 0.3) is 0 Å². The minimum atomic E-state index is -1.35. The summed E-state index contributed by atoms with van der Waals surface area (Å²) in [4.78, 5) is 32.1. The second kappa shape index (κ2) is 8.65. The fourth-order valence-corrected chi connectivity index (χ4v) is 7.29. The Balaban J connectivity index is 1.46. The fourth-order valence-electron chi connectivity index (χ4n) is 6.93. The monoisotopic (exact) mass is 568 g/mol. The summed E-state index contributed by atoms with van der Waals surface area (Å²) in [6.45, 7) is 0.781. The predicted molar refractivity (Wildman–Crippen MR) is 146 cm³/mol. The Morgan fingerprint density at radius 1 is 1.05 bits per heavy atom. The largest absolute Gasteiger partial charge is 0.396 e. The predicted octanol–water partition coefficient (Wildman–Crippen LogP) is 5.54. The number of hydrogen-bond donors (Lipinski definition) is 2. The first-order valence-corrected chi connectivity index (χ1v) is 13.7. The van der Waals surface area contributed by atoms with Gasteiger partial charge in [-0.1, -0.05) is 41.4 Å². The van der Waals surface area contributed by atoms with Crippen LogP contribution in [0.2, 0.25) is 10.0 Å². The van der Waals surface area contributed by atoms with E-state index in [1.165, 1.54) is 23.1 Å². The van der Waals surface area contributed by atoms with Gasteiger partial charge < -0.3 is 16.0 Å². The molecule has 3 N–H and O–H groups in total. The molecular weight excluding hydrogens is 545 g/mol. The van der Waals surface area contributed by atoms with E-state index in [0.717, 1.165) is 12.8 Å². The van der Waals surface area contributed by atoms with Crippen LogP contribution in [-0.4, -0.2) is 35.8 Å². The summed E-state index contributed by atoms with van der Waals surface area (Å²) in [5.41, 5.74) is 6.09. The van der Waals surface area contributed by atoms with Gasteiger partial charge in [-0.25, -0.2) is 8.78 Å². The van der Waals surface area contributed by atoms with Gasteiger partial charge in [-0.15, -0.1) is 0 Å². The number of hydrogen-bond acceptors (Lipinski definition) is 4. The van der Waals surface area contributed by atoms with Crippen molar-refractivity contribution in [3.8, 4) is 0 Å². The molecule has 39 heavy (non-hydrogen) atoms. The maximum Gasteiger partial charge on any atom is 0.250 e. The van der Waals surface area contributed by atoms with E-state index < -0.39 is 35.1 Å². The molecule has 1 aliphatic carbocycles. The van der Waals surface area contributed by atoms with Crippen molar-refractivity contribution < 1.29 is 18.4 Å². The van der Waals surface area contributed by atoms with E-state index in [2.05, 4.69) is 10.2 Å². The lowest BCUT2D eigenvalue weighted by Gasteiger charge is -2.41. The molecule has 1 spiro atoms. The molecule has 10 heteroatoms. The van der Waals surface area contributed by atoms with E-state index >= 15 is 4.39 Å². The van der Waals surface area contributed by atoms with E-state index in [0.29, 0.717) is 34.4 Å². The quantitative estimate of drug-likeness (QED) is 0.405. The summed E-state index contributed by atoms with van der Waals surface area (Å²) in [6.07, 6.45) is 2.02. The Bertz CT molecular complexity index is 1560. The number of fused-ring (bicyclic) bond motifs is 3. The minimum absolute atomic E-state index is 0.0170. The number of carbonyl (C=O) groups excluding carboxylic acids is 2. The highest BCUT2D eigenvalue weighted by atomic mass is 35.5. The zero-order chi connectivity index (χ0) is 27.2. The molecule has 3 aromatic carbocycles. The van der Waals surface area contributed by atoms with Crippen molar-refractivity contribution in [2.75, 3.05) is 29.0 Å². The molecular formula is C29H24Cl2F2N4O2. The molecule has 0 radical (unpaired) electrons. The number of nitrogens with two attached hydrogens (primary N) is 1. The highest BCUT2D eigenvalue weighted by molar-refractivity contribution is 6.31. The number of benzene rings is 3. The van der Waals surface area contributed by atoms with E-state index in [1.54, 1.807) is 36.4 Å². The van der Waals surface area contributed by atoms with Crippen LogP contribution in [-0.2, 0) is 15.1 Å². The lowest BCUT2D eigenvalue weighted by Crippen LogP contribution is -2.54. The standard InChI is InChI=1S/C29H24Cl2F2N4O2/c30-15-6-8-18-22(10-15)35-28(39)29(18)25(17-2-1-3-19(31)26(17)33)24-23(37(29)12-14-4-5-14)13-36(27(24)38)16-7-9-21(34)20(32)11-16/h1-3,6-11,14,23-25H,4-5,12-13,34H2,(H,35,39)/t23-,24+,25-,29+/m0/s1. The Morgan fingerprint density at radius 2 is 1.85 bits per heavy atom. The zero-order valence-corrected chi connectivity index (χ0v) is 22.1. The minimum Gasteiger partial charge on any atom is -0.396 e. The average Bonchev–Trinajstić information content (AvgIpc) is 3.52. The van der Waals surface area contributed by atoms with Gasteiger partial charge in [0.05, 0.1) is 16.6 Å². The first-order valence-electron chi connectivity index (χ1n) is 12.9. The Kier molecular flexibility index (Phi) is 5.50. The number of nitrogens with one attached hydrogen (secondary N) is 1. The average molecular weight is 569 g/mol. The van der Waals surface area contributed by atoms with Gasteiger partial charge in [0.2, 0.25) is 11.8 Å². The summed E-state index contributed by atoms with van der Waals surface area (Å²) in [6, 6.07) is 13.7. The van der Waals surface area contributed by atoms with Crippen LogP contribution in [0.25, 0.3) is 0 Å². The molecule has 2 amide bonds. The van der Waals surface area contributed by atoms with Crippen LogP contribution in [0.5, 0.6) is 0 Å². The topological polar surface area (TPSA) is 78.7 Å². The van der Waals surface area contributed by atoms with Crippen molar-refractivity contribution in [1.82, 2.24) is 4.90 Å². The molecule has 2 saturated heterocycles. The molecule has 200 valence electrons. The molecule has 3 fully saturated rings. The number of anilines is 3. The van der Waals surface area contributed by atoms with Crippen LogP contribution in [0, 0.1) is 23.5 Å². The van der Waals surface area contributed by atoms with Crippen LogP contribution in [0.1, 0.15) is 29.9 Å². The summed E-state index contributed by atoms with van der Waals surface area (Å²) >= 11 is 12.5. The van der Waals surface area contributed by atoms with Crippen LogP contribution >= 0.6 is 23.2 Å². The molecule has 4 aliphatic rings. The summed E-state index contributed by atoms with van der Waals surface area (Å²) in [7, 11) is 0. The highest BCUT2D eigenvalue weighted by Gasteiger charge is 2.71. The molecule has 7 rings (SSSR count). The van der Waals surface area contributed by atoms with Crippen LogP contribution in [0.3, 0.4) is 0 Å². The van der Waals surface area contributed by atoms with Gasteiger partial charge in [0, 0.05) is 47.0 Å². The van der Waals surface area contributed by atoms with E-state index in [4.69, 9.17) is 28.9 Å². The SMILES string of the molecule is Nc1ccc(N2C[C@H]3[C@@H](C2=O)[C@H](c2cccc(Cl)c2F)[C@]2(C(=O)Nc4cc(Cl)ccc42)N3CC2CC2)cc1F. The maximum absolute atomic E-state index is 15.9. The molecule has 0 bridgehead atoms. The molecule has 0 unspecified atom stereocenters. The number of likely N-dealkylation sites (tertiary alicyclic amines) is 1. The third kappa shape index (κ3) is 3.47. The summed E-state index contributed by atoms with van der Waals surface area (Å²) < 4.78 is 30.3. The van der Waals surface area contributed by atoms with E-state index in [9.17, 15) is 14.0 Å². The molecule has 1 saturated carbocycles. The number of halogens is 4. The van der Waals surface area contributed by atoms with Crippen molar-refractivity contribution in [2.24, 2.45) is 11.8 Å². The molecule has 0 aromatic heterocycles. The number of rotatable bonds is 4. The summed E-state index contributed by atoms with van der Waals surface area (Å²) in [5, 5.41) is 3.35. The van der Waals surface area contributed by atoms with Crippen molar-refractivity contribution in [1.29, 1.82) is 0 Å². The first-order chi connectivity index (χ1) is 18.7. The third-order valence-electron chi connectivity index (χ3n) is 8.75. The maximum atomic E-state index is 15.9. The van der Waals surface area contributed by atoms with Crippen molar-refractivity contribution in [3.05, 3.63) is 87.4 Å². The highest BCUT2D eigenvalue weighted by Crippen LogP contribution is 2.62. The van der Waals surface area contributed by atoms with Crippen LogP contribution in [0.4, 0.5) is 25.8 Å². The van der Waals surface area contributed by atoms with Gasteiger partial charge in [-0.05, 0) is 60.7 Å². The molecule has 3 aromatic rings. The van der Waals surface area contributed by atoms with E-state index in [-0.39, 0.29) is 34.6 Å². The second-order valence-electron chi connectivity index (χ2n) is 10.9. The molecule has 4 atom stereocenters. The van der Waals surface area contributed by atoms with Crippen LogP contribution < -0.4 is 16.0 Å². The van der Waals surface area contributed by atoms with Crippen LogP contribution in [0.15, 0.2) is 54.6 Å². The second-order valence-corrected chi connectivity index (χ2v) is 11.7. The Hall–Kier alpha value is -3.20. The van der Waals surface area contributed by atoms with Gasteiger partial charge in [0.1, 0.15) is 17.2 Å². The van der Waals surface area contributed by atoms with E-state index in [1.807, 2.05) is 0 Å². The molecule has 3 heterocycles. The smallest absolute Gasteiger partial charge is 0.250 e. The summed E-state index contributed by atoms with van der Waals surface area (Å²) in [5.74, 6) is -3.23. The lowest BCUT2D eigenvalue weighted by molar-refractivity contribution is -0.128. The molecule has 3 aliphatic heterocycles. The first kappa shape index (κ1) is 24.8. The Morgan fingerprint density at radius 3 is 2.59 bits per heavy atom. The number of carbonyl (C=O) groups is 2. The van der Waals surface area contributed by atoms with Gasteiger partial charge in [0.15, 0.2) is 0 Å². The van der Waals surface area contributed by atoms with Crippen molar-refractivity contribution in [3.63, 3.8) is 0 Å². The molecule has 6 nitrogen and oxygen atoms in total. The third-order valence-corrected chi connectivity index (χ3v) is 9.28. The number of amides is 2. The van der Waals surface area contributed by atoms with Crippen molar-refractivity contribution in [2.45, 2.75) is 30.3 Å². The van der Waals surface area contributed by atoms with Gasteiger partial charge in [-0.2, -0.15) is 0 Å². The number of nitrogens with zero attached hydrogens (tertiary/aromatic N) is 2. The Labute approximate surface area is 233 Å². The van der Waals surface area contributed by atoms with Crippen molar-refractivity contribution >= 4 is 52.1 Å². The normalized spacial score (nSPS) is 27.8. The fraction of sp³-hybridized carbons (Fsp3) is 0.310. The van der Waals surface area contributed by atoms with Gasteiger partial charge in [-0.3, -0.25) is 14.5 Å².